The van der Waals surface area contributed by atoms with Gasteiger partial charge in [0.25, 0.3) is 0 Å². The molecule has 1 unspecified atom stereocenters. The molecule has 134 valence electrons. The second-order valence-corrected chi connectivity index (χ2v) is 9.36. The van der Waals surface area contributed by atoms with E-state index in [4.69, 9.17) is 0 Å². The molecule has 2 aromatic rings. The summed E-state index contributed by atoms with van der Waals surface area (Å²) in [5.41, 5.74) is 0. The summed E-state index contributed by atoms with van der Waals surface area (Å²) in [5, 5.41) is 5.74. The number of nitrogens with one attached hydrogen (secondary N) is 1. The molecule has 25 heavy (non-hydrogen) atoms. The summed E-state index contributed by atoms with van der Waals surface area (Å²) in [7, 11) is -2.41. The highest BCUT2D eigenvalue weighted by Gasteiger charge is 2.28. The highest BCUT2D eigenvalue weighted by atomic mass is 32.2. The highest BCUT2D eigenvalue weighted by Crippen LogP contribution is 2.24. The van der Waals surface area contributed by atoms with Gasteiger partial charge in [0.05, 0.1) is 9.71 Å². The van der Waals surface area contributed by atoms with Crippen molar-refractivity contribution in [1.82, 2.24) is 14.5 Å². The highest BCUT2D eigenvalue weighted by molar-refractivity contribution is 7.98. The minimum Gasteiger partial charge on any atom is -0.317 e. The lowest BCUT2D eigenvalue weighted by atomic mass is 10.0. The van der Waals surface area contributed by atoms with Crippen molar-refractivity contribution in [2.75, 3.05) is 39.3 Å². The first-order valence-corrected chi connectivity index (χ1v) is 10.9. The molecule has 1 atom stereocenters. The number of benzene rings is 2. The van der Waals surface area contributed by atoms with Crippen molar-refractivity contribution in [2.24, 2.45) is 0 Å². The fourth-order valence-corrected chi connectivity index (χ4v) is 5.69. The van der Waals surface area contributed by atoms with Gasteiger partial charge in [-0.1, -0.05) is 30.3 Å². The van der Waals surface area contributed by atoms with Crippen LogP contribution >= 0.6 is 0 Å². The molecule has 5 heteroatoms. The van der Waals surface area contributed by atoms with Crippen LogP contribution < -0.4 is 5.32 Å². The molecule has 0 spiro atoms. The number of rotatable bonds is 3. The van der Waals surface area contributed by atoms with E-state index in [1.807, 2.05) is 24.3 Å². The Morgan fingerprint density at radius 2 is 1.64 bits per heavy atom. The number of piperidine rings is 1. The lowest BCUT2D eigenvalue weighted by molar-refractivity contribution is 0.117. The molecule has 0 saturated carbocycles. The molecule has 2 aromatic carbocycles. The minimum absolute atomic E-state index is 0.685. The standard InChI is InChI=1S/C20H27N3OS/c1-25(24,20-7-6-17-4-2-3-5-18(17)16-20)23-14-12-22(13-15-23)19-8-10-21-11-9-19/h2-7,16,19,21H,1,8-15H2. The zero-order chi connectivity index (χ0) is 17.3. The summed E-state index contributed by atoms with van der Waals surface area (Å²) in [4.78, 5) is 3.43. The molecule has 0 aromatic heterocycles. The Morgan fingerprint density at radius 1 is 0.960 bits per heavy atom. The minimum atomic E-state index is -2.41. The Bertz CT molecular complexity index is 835. The predicted octanol–water partition coefficient (Wildman–Crippen LogP) is 2.20. The van der Waals surface area contributed by atoms with Crippen LogP contribution in [0.5, 0.6) is 0 Å². The summed E-state index contributed by atoms with van der Waals surface area (Å²) >= 11 is 0. The molecule has 0 radical (unpaired) electrons. The predicted molar refractivity (Wildman–Crippen MR) is 107 cm³/mol. The first kappa shape index (κ1) is 17.0. The van der Waals surface area contributed by atoms with Gasteiger partial charge in [-0.05, 0) is 54.7 Å². The molecule has 2 fully saturated rings. The van der Waals surface area contributed by atoms with Crippen molar-refractivity contribution < 1.29 is 4.21 Å². The largest absolute Gasteiger partial charge is 0.317 e. The van der Waals surface area contributed by atoms with E-state index in [1.54, 1.807) is 0 Å². The van der Waals surface area contributed by atoms with Gasteiger partial charge in [-0.2, -0.15) is 0 Å². The average molecular weight is 358 g/mol. The summed E-state index contributed by atoms with van der Waals surface area (Å²) in [6.07, 6.45) is 2.45. The van der Waals surface area contributed by atoms with Gasteiger partial charge in [-0.25, -0.2) is 8.51 Å². The van der Waals surface area contributed by atoms with Crippen LogP contribution in [0, 0.1) is 0 Å². The molecular weight excluding hydrogens is 330 g/mol. The summed E-state index contributed by atoms with van der Waals surface area (Å²) in [5.74, 6) is 4.13. The van der Waals surface area contributed by atoms with Crippen molar-refractivity contribution in [1.29, 1.82) is 0 Å². The third-order valence-electron chi connectivity index (χ3n) is 5.60. The lowest BCUT2D eigenvalue weighted by Gasteiger charge is -2.41. The van der Waals surface area contributed by atoms with E-state index in [0.717, 1.165) is 49.6 Å². The molecule has 2 heterocycles. The number of nitrogens with zero attached hydrogens (tertiary/aromatic N) is 2. The van der Waals surface area contributed by atoms with Crippen molar-refractivity contribution in [3.8, 4) is 0 Å². The maximum absolute atomic E-state index is 13.5. The van der Waals surface area contributed by atoms with Crippen molar-refractivity contribution in [3.05, 3.63) is 42.5 Å². The van der Waals surface area contributed by atoms with Gasteiger partial charge < -0.3 is 5.32 Å². The summed E-state index contributed by atoms with van der Waals surface area (Å²) in [6, 6.07) is 15.0. The van der Waals surface area contributed by atoms with Crippen molar-refractivity contribution in [3.63, 3.8) is 0 Å². The van der Waals surface area contributed by atoms with Gasteiger partial charge in [0.1, 0.15) is 0 Å². The smallest absolute Gasteiger partial charge is 0.0559 e. The monoisotopic (exact) mass is 357 g/mol. The normalized spacial score (nSPS) is 23.5. The van der Waals surface area contributed by atoms with Crippen LogP contribution in [-0.4, -0.2) is 64.6 Å². The van der Waals surface area contributed by atoms with Gasteiger partial charge in [0.2, 0.25) is 0 Å². The van der Waals surface area contributed by atoms with Crippen LogP contribution in [0.25, 0.3) is 10.8 Å². The molecule has 2 aliphatic rings. The molecule has 0 bridgehead atoms. The molecule has 4 rings (SSSR count). The van der Waals surface area contributed by atoms with E-state index in [0.29, 0.717) is 6.04 Å². The van der Waals surface area contributed by atoms with Crippen LogP contribution in [0.4, 0.5) is 0 Å². The zero-order valence-electron chi connectivity index (χ0n) is 14.7. The number of piperazine rings is 1. The van der Waals surface area contributed by atoms with Crippen LogP contribution in [0.15, 0.2) is 47.4 Å². The number of fused-ring (bicyclic) bond motifs is 1. The van der Waals surface area contributed by atoms with Crippen LogP contribution in [0.2, 0.25) is 0 Å². The van der Waals surface area contributed by atoms with Crippen molar-refractivity contribution in [2.45, 2.75) is 23.8 Å². The second-order valence-electron chi connectivity index (χ2n) is 7.10. The Balaban J connectivity index is 1.48. The summed E-state index contributed by atoms with van der Waals surface area (Å²) < 4.78 is 15.5. The fraction of sp³-hybridized carbons (Fsp3) is 0.450. The maximum atomic E-state index is 13.5. The maximum Gasteiger partial charge on any atom is 0.0559 e. The van der Waals surface area contributed by atoms with Crippen molar-refractivity contribution >= 4 is 26.4 Å². The van der Waals surface area contributed by atoms with E-state index in [9.17, 15) is 4.21 Å². The van der Waals surface area contributed by atoms with Gasteiger partial charge in [-0.3, -0.25) is 4.90 Å². The molecular formula is C20H27N3OS. The van der Waals surface area contributed by atoms with Gasteiger partial charge in [0.15, 0.2) is 0 Å². The number of hydrogen-bond acceptors (Lipinski definition) is 3. The molecule has 2 aliphatic heterocycles. The SMILES string of the molecule is C=S(=O)(c1ccc2ccccc2c1)N1CCN(C2CCNCC2)CC1. The third kappa shape index (κ3) is 3.47. The van der Waals surface area contributed by atoms with E-state index < -0.39 is 9.71 Å². The zero-order valence-corrected chi connectivity index (χ0v) is 15.5. The molecule has 0 aliphatic carbocycles. The molecule has 1 N–H and O–H groups in total. The average Bonchev–Trinajstić information content (AvgIpc) is 2.68. The lowest BCUT2D eigenvalue weighted by Crippen LogP contribution is -2.53. The fourth-order valence-electron chi connectivity index (χ4n) is 4.05. The Hall–Kier alpha value is -1.40. The van der Waals surface area contributed by atoms with E-state index in [1.165, 1.54) is 18.2 Å². The van der Waals surface area contributed by atoms with Gasteiger partial charge >= 0.3 is 0 Å². The van der Waals surface area contributed by atoms with Gasteiger partial charge in [0, 0.05) is 37.1 Å². The third-order valence-corrected chi connectivity index (χ3v) is 7.79. The van der Waals surface area contributed by atoms with Crippen LogP contribution in [0.3, 0.4) is 0 Å². The summed E-state index contributed by atoms with van der Waals surface area (Å²) in [6.45, 7) is 5.88. The molecule has 2 saturated heterocycles. The Kier molecular flexibility index (Phi) is 4.82. The van der Waals surface area contributed by atoms with Crippen LogP contribution in [-0.2, 0) is 9.71 Å². The first-order valence-electron chi connectivity index (χ1n) is 9.20. The topological polar surface area (TPSA) is 35.6 Å². The number of hydrogen-bond donors (Lipinski definition) is 1. The Morgan fingerprint density at radius 3 is 2.36 bits per heavy atom. The van der Waals surface area contributed by atoms with E-state index in [-0.39, 0.29) is 0 Å². The quantitative estimate of drug-likeness (QED) is 0.856. The Labute approximate surface area is 151 Å². The second kappa shape index (κ2) is 7.08. The molecule has 0 amide bonds. The van der Waals surface area contributed by atoms with Gasteiger partial charge in [-0.15, -0.1) is 0 Å². The molecule has 4 nitrogen and oxygen atoms in total. The van der Waals surface area contributed by atoms with E-state index >= 15 is 0 Å². The first-order chi connectivity index (χ1) is 12.1. The van der Waals surface area contributed by atoms with Crippen LogP contribution in [0.1, 0.15) is 12.8 Å². The van der Waals surface area contributed by atoms with E-state index in [2.05, 4.69) is 38.6 Å².